The Morgan fingerprint density at radius 2 is 2.00 bits per heavy atom. The van der Waals surface area contributed by atoms with Crippen molar-refractivity contribution in [1.82, 2.24) is 9.29 Å². The van der Waals surface area contributed by atoms with Crippen LogP contribution in [0.2, 0.25) is 5.02 Å². The van der Waals surface area contributed by atoms with Gasteiger partial charge in [-0.2, -0.15) is 0 Å². The van der Waals surface area contributed by atoms with Crippen LogP contribution in [-0.4, -0.2) is 43.5 Å². The van der Waals surface area contributed by atoms with Crippen LogP contribution in [0, 0.1) is 0 Å². The zero-order valence-electron chi connectivity index (χ0n) is 18.8. The van der Waals surface area contributed by atoms with Gasteiger partial charge in [0.2, 0.25) is 15.8 Å². The largest absolute Gasteiger partial charge is 0.460 e. The fourth-order valence-electron chi connectivity index (χ4n) is 3.91. The third-order valence-electron chi connectivity index (χ3n) is 5.24. The monoisotopic (exact) mass is 516 g/mol. The number of sulfonamides is 1. The van der Waals surface area contributed by atoms with Gasteiger partial charge in [-0.3, -0.25) is 9.59 Å². The second-order valence-corrected chi connectivity index (χ2v) is 9.98. The van der Waals surface area contributed by atoms with Gasteiger partial charge in [0.25, 0.3) is 5.91 Å². The lowest BCUT2D eigenvalue weighted by Gasteiger charge is -2.13. The van der Waals surface area contributed by atoms with Gasteiger partial charge < -0.3 is 13.7 Å². The van der Waals surface area contributed by atoms with Crippen LogP contribution >= 0.6 is 11.6 Å². The molecule has 2 aromatic heterocycles. The van der Waals surface area contributed by atoms with Crippen molar-refractivity contribution in [3.8, 4) is 0 Å². The van der Waals surface area contributed by atoms with Gasteiger partial charge in [-0.1, -0.05) is 29.8 Å². The molecule has 0 saturated carbocycles. The van der Waals surface area contributed by atoms with E-state index in [1.807, 2.05) is 4.72 Å². The molecule has 0 aliphatic heterocycles. The van der Waals surface area contributed by atoms with Crippen LogP contribution in [0.25, 0.3) is 16.5 Å². The predicted octanol–water partition coefficient (Wildman–Crippen LogP) is 3.71. The van der Waals surface area contributed by atoms with Gasteiger partial charge in [0.1, 0.15) is 11.5 Å². The number of carbonyl (C=O) groups is 3. The molecular formula is C24H21ClN2O7S. The normalized spacial score (nSPS) is 13.7. The smallest absolute Gasteiger partial charge is 0.374 e. The van der Waals surface area contributed by atoms with Crippen LogP contribution in [0.1, 0.15) is 45.7 Å². The third-order valence-corrected chi connectivity index (χ3v) is 6.03. The minimum absolute atomic E-state index is 0.0148. The van der Waals surface area contributed by atoms with E-state index in [4.69, 9.17) is 20.8 Å². The molecule has 0 fully saturated rings. The summed E-state index contributed by atoms with van der Waals surface area (Å²) in [5.41, 5.74) is 0.969. The maximum atomic E-state index is 13.3. The molecule has 4 rings (SSSR count). The summed E-state index contributed by atoms with van der Waals surface area (Å²) in [6.45, 7) is 1.81. The quantitative estimate of drug-likeness (QED) is 0.474. The first-order valence-electron chi connectivity index (χ1n) is 10.6. The van der Waals surface area contributed by atoms with Gasteiger partial charge in [0.15, 0.2) is 5.78 Å². The number of Topliss-reactive ketones (excluding diaryl/α,β-unsaturated/α-hetero) is 1. The number of furan rings is 1. The van der Waals surface area contributed by atoms with Gasteiger partial charge in [-0.05, 0) is 37.3 Å². The van der Waals surface area contributed by atoms with Crippen molar-refractivity contribution in [1.29, 1.82) is 0 Å². The number of allylic oxidation sites excluding steroid dienone is 4. The maximum absolute atomic E-state index is 13.3. The van der Waals surface area contributed by atoms with Crippen LogP contribution < -0.4 is 4.72 Å². The fourth-order valence-corrected chi connectivity index (χ4v) is 4.52. The second kappa shape index (κ2) is 9.55. The highest BCUT2D eigenvalue weighted by atomic mass is 35.5. The number of fused-ring (bicyclic) bond motifs is 1. The lowest BCUT2D eigenvalue weighted by Crippen LogP contribution is -2.32. The van der Waals surface area contributed by atoms with Crippen LogP contribution in [0.5, 0.6) is 0 Å². The number of carbonyl (C=O) groups excluding carboxylic acids is 3. The summed E-state index contributed by atoms with van der Waals surface area (Å²) in [4.78, 5) is 38.1. The van der Waals surface area contributed by atoms with Crippen LogP contribution in [0.15, 0.2) is 53.0 Å². The molecule has 11 heteroatoms. The first kappa shape index (κ1) is 24.5. The minimum Gasteiger partial charge on any atom is -0.460 e. The summed E-state index contributed by atoms with van der Waals surface area (Å²) in [5.74, 6) is -1.50. The van der Waals surface area contributed by atoms with E-state index < -0.39 is 21.9 Å². The van der Waals surface area contributed by atoms with E-state index in [-0.39, 0.29) is 47.9 Å². The Morgan fingerprint density at radius 1 is 1.23 bits per heavy atom. The molecule has 1 amide bonds. The molecule has 2 heterocycles. The molecule has 1 N–H and O–H groups in total. The molecule has 0 bridgehead atoms. The van der Waals surface area contributed by atoms with Crippen LogP contribution in [0.4, 0.5) is 0 Å². The fraction of sp³-hybridized carbons (Fsp3) is 0.208. The van der Waals surface area contributed by atoms with Crippen molar-refractivity contribution < 1.29 is 32.0 Å². The molecule has 0 spiro atoms. The Balaban J connectivity index is 1.95. The molecule has 9 nitrogen and oxygen atoms in total. The third kappa shape index (κ3) is 5.08. The predicted molar refractivity (Wildman–Crippen MR) is 130 cm³/mol. The minimum atomic E-state index is -3.92. The van der Waals surface area contributed by atoms with E-state index in [0.29, 0.717) is 21.7 Å². The molecule has 35 heavy (non-hydrogen) atoms. The molecule has 0 radical (unpaired) electrons. The average molecular weight is 517 g/mol. The Hall–Kier alpha value is -3.63. The summed E-state index contributed by atoms with van der Waals surface area (Å²) in [6, 6.07) is 7.89. The highest BCUT2D eigenvalue weighted by Gasteiger charge is 2.30. The Bertz CT molecular complexity index is 1530. The summed E-state index contributed by atoms with van der Waals surface area (Å²) in [5, 5.41) is 0.858. The van der Waals surface area contributed by atoms with E-state index in [9.17, 15) is 22.8 Å². The van der Waals surface area contributed by atoms with Crippen molar-refractivity contribution in [2.45, 2.75) is 19.9 Å². The lowest BCUT2D eigenvalue weighted by atomic mass is 9.93. The first-order chi connectivity index (χ1) is 16.6. The van der Waals surface area contributed by atoms with Crippen molar-refractivity contribution in [3.63, 3.8) is 0 Å². The molecule has 182 valence electrons. The molecule has 0 unspecified atom stereocenters. The number of rotatable bonds is 7. The Kier molecular flexibility index (Phi) is 6.68. The maximum Gasteiger partial charge on any atom is 0.374 e. The number of ketones is 1. The number of aromatic nitrogens is 1. The summed E-state index contributed by atoms with van der Waals surface area (Å²) >= 11 is 6.25. The number of hydrogen-bond acceptors (Lipinski definition) is 7. The van der Waals surface area contributed by atoms with Crippen molar-refractivity contribution in [3.05, 3.63) is 76.4 Å². The van der Waals surface area contributed by atoms with Crippen molar-refractivity contribution in [2.75, 3.05) is 12.9 Å². The molecular weight excluding hydrogens is 496 g/mol. The Labute approximate surface area is 206 Å². The number of esters is 1. The van der Waals surface area contributed by atoms with Crippen molar-refractivity contribution >= 4 is 55.8 Å². The zero-order valence-corrected chi connectivity index (χ0v) is 20.4. The van der Waals surface area contributed by atoms with E-state index >= 15 is 0 Å². The van der Waals surface area contributed by atoms with E-state index in [2.05, 4.69) is 0 Å². The molecule has 0 saturated heterocycles. The highest BCUT2D eigenvalue weighted by molar-refractivity contribution is 7.89. The molecule has 3 aromatic rings. The number of amides is 1. The van der Waals surface area contributed by atoms with Crippen molar-refractivity contribution in [2.24, 2.45) is 0 Å². The van der Waals surface area contributed by atoms with Crippen LogP contribution in [-0.2, 0) is 26.1 Å². The number of hydrogen-bond donors (Lipinski definition) is 1. The summed E-state index contributed by atoms with van der Waals surface area (Å²) < 4.78 is 37.9. The Morgan fingerprint density at radius 3 is 2.69 bits per heavy atom. The van der Waals surface area contributed by atoms with Gasteiger partial charge in [0, 0.05) is 33.5 Å². The molecule has 0 atom stereocenters. The van der Waals surface area contributed by atoms with Gasteiger partial charge in [-0.15, -0.1) is 0 Å². The van der Waals surface area contributed by atoms with Gasteiger partial charge in [-0.25, -0.2) is 17.9 Å². The average Bonchev–Trinajstić information content (AvgIpc) is 3.36. The first-order valence-corrected chi connectivity index (χ1v) is 12.9. The second-order valence-electron chi connectivity index (χ2n) is 7.80. The van der Waals surface area contributed by atoms with Crippen LogP contribution in [0.3, 0.4) is 0 Å². The lowest BCUT2D eigenvalue weighted by molar-refractivity contribution is -0.113. The van der Waals surface area contributed by atoms with E-state index in [1.54, 1.807) is 49.4 Å². The number of halogens is 1. The van der Waals surface area contributed by atoms with E-state index in [1.165, 1.54) is 10.6 Å². The SMILES string of the molecule is CCOC(=O)c1ccc(Cn2c(C(=O)NS(C)(=O)=O)c(C3=CC=CCC3=O)c3cc(Cl)ccc32)o1. The van der Waals surface area contributed by atoms with E-state index in [0.717, 1.165) is 6.26 Å². The van der Waals surface area contributed by atoms with Gasteiger partial charge >= 0.3 is 5.97 Å². The number of ether oxygens (including phenoxy) is 1. The number of benzene rings is 1. The van der Waals surface area contributed by atoms with Gasteiger partial charge in [0.05, 0.1) is 19.4 Å². The number of nitrogens with zero attached hydrogens (tertiary/aromatic N) is 1. The number of nitrogens with one attached hydrogen (secondary N) is 1. The molecule has 1 aliphatic carbocycles. The standard InChI is InChI=1S/C24H21ClN2O7S/c1-3-33-24(30)20-11-9-15(34-20)13-27-18-10-8-14(25)12-17(18)21(16-6-4-5-7-19(16)28)22(27)23(29)26-35(2,31)32/h4-6,8-12H,3,7,13H2,1-2H3,(H,26,29). The topological polar surface area (TPSA) is 125 Å². The summed E-state index contributed by atoms with van der Waals surface area (Å²) in [6.07, 6.45) is 5.96. The molecule has 1 aliphatic rings. The summed E-state index contributed by atoms with van der Waals surface area (Å²) in [7, 11) is -3.92. The molecule has 1 aromatic carbocycles. The zero-order chi connectivity index (χ0) is 25.3. The highest BCUT2D eigenvalue weighted by Crippen LogP contribution is 2.36.